The van der Waals surface area contributed by atoms with Crippen molar-refractivity contribution in [1.82, 2.24) is 10.2 Å². The minimum Gasteiger partial charge on any atom is -0.313 e. The van der Waals surface area contributed by atoms with Crippen LogP contribution in [0.4, 0.5) is 0 Å². The lowest BCUT2D eigenvalue weighted by Gasteiger charge is -2.28. The molecule has 1 saturated heterocycles. The van der Waals surface area contributed by atoms with Crippen LogP contribution in [0.15, 0.2) is 0 Å². The van der Waals surface area contributed by atoms with Crippen molar-refractivity contribution in [1.29, 1.82) is 0 Å². The fourth-order valence-corrected chi connectivity index (χ4v) is 4.36. The SMILES string of the molecule is CN(CC1CC2CCC1C2)C[C@H]1CCCN1. The summed E-state index contributed by atoms with van der Waals surface area (Å²) in [5.74, 6) is 3.22. The van der Waals surface area contributed by atoms with Crippen LogP contribution in [-0.4, -0.2) is 37.6 Å². The minimum absolute atomic E-state index is 0.781. The van der Waals surface area contributed by atoms with Gasteiger partial charge in [-0.1, -0.05) is 6.42 Å². The first-order chi connectivity index (χ1) is 7.81. The Labute approximate surface area is 99.8 Å². The third kappa shape index (κ3) is 2.28. The van der Waals surface area contributed by atoms with Gasteiger partial charge in [0, 0.05) is 19.1 Å². The quantitative estimate of drug-likeness (QED) is 0.784. The number of rotatable bonds is 4. The van der Waals surface area contributed by atoms with Crippen LogP contribution in [0.25, 0.3) is 0 Å². The maximum Gasteiger partial charge on any atom is 0.0195 e. The molecule has 1 N–H and O–H groups in total. The average Bonchev–Trinajstić information content (AvgIpc) is 2.92. The summed E-state index contributed by atoms with van der Waals surface area (Å²) in [4.78, 5) is 2.59. The summed E-state index contributed by atoms with van der Waals surface area (Å²) in [6, 6.07) is 0.781. The molecule has 3 rings (SSSR count). The molecule has 2 heteroatoms. The topological polar surface area (TPSA) is 15.3 Å². The van der Waals surface area contributed by atoms with Crippen molar-refractivity contribution in [2.75, 3.05) is 26.7 Å². The summed E-state index contributed by atoms with van der Waals surface area (Å²) < 4.78 is 0. The molecule has 16 heavy (non-hydrogen) atoms. The van der Waals surface area contributed by atoms with Gasteiger partial charge in [0.05, 0.1) is 0 Å². The molecule has 0 aromatic rings. The molecule has 0 spiro atoms. The Hall–Kier alpha value is -0.0800. The van der Waals surface area contributed by atoms with E-state index in [1.165, 1.54) is 51.7 Å². The fourth-order valence-electron chi connectivity index (χ4n) is 4.36. The normalized spacial score (nSPS) is 42.4. The van der Waals surface area contributed by atoms with Crippen LogP contribution in [-0.2, 0) is 0 Å². The molecule has 2 nitrogen and oxygen atoms in total. The molecule has 0 aromatic carbocycles. The number of hydrogen-bond acceptors (Lipinski definition) is 2. The second-order valence-corrected chi connectivity index (χ2v) is 6.45. The molecular formula is C14H26N2. The monoisotopic (exact) mass is 222 g/mol. The van der Waals surface area contributed by atoms with Crippen LogP contribution in [0.1, 0.15) is 38.5 Å². The van der Waals surface area contributed by atoms with E-state index >= 15 is 0 Å². The van der Waals surface area contributed by atoms with E-state index in [0.717, 1.165) is 23.8 Å². The zero-order valence-electron chi connectivity index (χ0n) is 10.6. The van der Waals surface area contributed by atoms with Crippen LogP contribution < -0.4 is 5.32 Å². The number of likely N-dealkylation sites (N-methyl/N-ethyl adjacent to an activating group) is 1. The molecule has 3 unspecified atom stereocenters. The third-order valence-electron chi connectivity index (χ3n) is 5.13. The second kappa shape index (κ2) is 4.66. The predicted octanol–water partition coefficient (Wildman–Crippen LogP) is 2.11. The minimum atomic E-state index is 0.781. The van der Waals surface area contributed by atoms with E-state index in [0.29, 0.717) is 0 Å². The number of nitrogens with one attached hydrogen (secondary N) is 1. The third-order valence-corrected chi connectivity index (χ3v) is 5.13. The zero-order valence-corrected chi connectivity index (χ0v) is 10.6. The van der Waals surface area contributed by atoms with Crippen LogP contribution >= 0.6 is 0 Å². The van der Waals surface area contributed by atoms with Gasteiger partial charge in [0.2, 0.25) is 0 Å². The Morgan fingerprint density at radius 2 is 2.06 bits per heavy atom. The van der Waals surface area contributed by atoms with Gasteiger partial charge in [0.15, 0.2) is 0 Å². The van der Waals surface area contributed by atoms with Gasteiger partial charge >= 0.3 is 0 Å². The Balaban J connectivity index is 1.43. The molecule has 1 heterocycles. The van der Waals surface area contributed by atoms with Crippen molar-refractivity contribution in [3.63, 3.8) is 0 Å². The predicted molar refractivity (Wildman–Crippen MR) is 67.5 cm³/mol. The van der Waals surface area contributed by atoms with Crippen molar-refractivity contribution < 1.29 is 0 Å². The lowest BCUT2D eigenvalue weighted by molar-refractivity contribution is 0.208. The highest BCUT2D eigenvalue weighted by molar-refractivity contribution is 4.91. The van der Waals surface area contributed by atoms with E-state index in [1.807, 2.05) is 0 Å². The Morgan fingerprint density at radius 3 is 2.69 bits per heavy atom. The van der Waals surface area contributed by atoms with Crippen molar-refractivity contribution in [2.45, 2.75) is 44.6 Å². The molecule has 2 bridgehead atoms. The van der Waals surface area contributed by atoms with Gasteiger partial charge in [-0.2, -0.15) is 0 Å². The summed E-state index contributed by atoms with van der Waals surface area (Å²) in [5, 5.41) is 3.60. The Morgan fingerprint density at radius 1 is 1.12 bits per heavy atom. The molecule has 3 fully saturated rings. The number of hydrogen-bond donors (Lipinski definition) is 1. The van der Waals surface area contributed by atoms with E-state index in [-0.39, 0.29) is 0 Å². The lowest BCUT2D eigenvalue weighted by atomic mass is 9.88. The van der Waals surface area contributed by atoms with Gasteiger partial charge in [-0.15, -0.1) is 0 Å². The van der Waals surface area contributed by atoms with E-state index in [9.17, 15) is 0 Å². The first-order valence-corrected chi connectivity index (χ1v) is 7.23. The second-order valence-electron chi connectivity index (χ2n) is 6.45. The van der Waals surface area contributed by atoms with Gasteiger partial charge in [0.1, 0.15) is 0 Å². The van der Waals surface area contributed by atoms with E-state index in [1.54, 1.807) is 6.42 Å². The van der Waals surface area contributed by atoms with Crippen LogP contribution in [0, 0.1) is 17.8 Å². The van der Waals surface area contributed by atoms with Crippen LogP contribution in [0.3, 0.4) is 0 Å². The van der Waals surface area contributed by atoms with Crippen molar-refractivity contribution in [3.05, 3.63) is 0 Å². The van der Waals surface area contributed by atoms with Crippen LogP contribution in [0.2, 0.25) is 0 Å². The first-order valence-electron chi connectivity index (χ1n) is 7.23. The van der Waals surface area contributed by atoms with E-state index in [4.69, 9.17) is 0 Å². The number of fused-ring (bicyclic) bond motifs is 2. The smallest absolute Gasteiger partial charge is 0.0195 e. The maximum atomic E-state index is 3.60. The number of nitrogens with zero attached hydrogens (tertiary/aromatic N) is 1. The summed E-state index contributed by atoms with van der Waals surface area (Å²) in [7, 11) is 2.33. The van der Waals surface area contributed by atoms with Crippen molar-refractivity contribution >= 4 is 0 Å². The lowest BCUT2D eigenvalue weighted by Crippen LogP contribution is -2.38. The van der Waals surface area contributed by atoms with Gasteiger partial charge < -0.3 is 10.2 Å². The van der Waals surface area contributed by atoms with Gasteiger partial charge in [-0.05, 0) is 63.5 Å². The maximum absolute atomic E-state index is 3.60. The summed E-state index contributed by atoms with van der Waals surface area (Å²) in [5.41, 5.74) is 0. The standard InChI is InChI=1S/C14H26N2/c1-16(10-14-3-2-6-15-14)9-13-8-11-4-5-12(13)7-11/h11-15H,2-10H2,1H3/t11?,12?,13?,14-/m1/s1. The van der Waals surface area contributed by atoms with Gasteiger partial charge in [0.25, 0.3) is 0 Å². The molecule has 1 aliphatic heterocycles. The fraction of sp³-hybridized carbons (Fsp3) is 1.00. The summed E-state index contributed by atoms with van der Waals surface area (Å²) in [6.45, 7) is 3.87. The van der Waals surface area contributed by atoms with Crippen LogP contribution in [0.5, 0.6) is 0 Å². The van der Waals surface area contributed by atoms with Gasteiger partial charge in [-0.25, -0.2) is 0 Å². The molecule has 2 aliphatic carbocycles. The molecule has 3 aliphatic rings. The van der Waals surface area contributed by atoms with Crippen molar-refractivity contribution in [3.8, 4) is 0 Å². The van der Waals surface area contributed by atoms with Crippen molar-refractivity contribution in [2.24, 2.45) is 17.8 Å². The van der Waals surface area contributed by atoms with E-state index < -0.39 is 0 Å². The molecule has 92 valence electrons. The molecular weight excluding hydrogens is 196 g/mol. The molecule has 0 radical (unpaired) electrons. The van der Waals surface area contributed by atoms with Gasteiger partial charge in [-0.3, -0.25) is 0 Å². The first kappa shape index (κ1) is 11.0. The molecule has 4 atom stereocenters. The Kier molecular flexibility index (Phi) is 3.21. The molecule has 0 aromatic heterocycles. The Bertz CT molecular complexity index is 235. The zero-order chi connectivity index (χ0) is 11.0. The molecule has 2 saturated carbocycles. The largest absolute Gasteiger partial charge is 0.313 e. The summed E-state index contributed by atoms with van der Waals surface area (Å²) >= 11 is 0. The highest BCUT2D eigenvalue weighted by atomic mass is 15.1. The van der Waals surface area contributed by atoms with E-state index in [2.05, 4.69) is 17.3 Å². The highest BCUT2D eigenvalue weighted by Gasteiger charge is 2.39. The average molecular weight is 222 g/mol. The summed E-state index contributed by atoms with van der Waals surface area (Å²) in [6.07, 6.45) is 8.93. The molecule has 0 amide bonds. The highest BCUT2D eigenvalue weighted by Crippen LogP contribution is 2.48.